The van der Waals surface area contributed by atoms with Gasteiger partial charge < -0.3 is 9.64 Å². The van der Waals surface area contributed by atoms with Crippen molar-refractivity contribution in [2.75, 3.05) is 13.7 Å². The van der Waals surface area contributed by atoms with Crippen LogP contribution in [0.5, 0.6) is 5.75 Å². The Balaban J connectivity index is 1.72. The summed E-state index contributed by atoms with van der Waals surface area (Å²) in [6.45, 7) is 11.8. The molecule has 0 saturated carbocycles. The third kappa shape index (κ3) is 2.96. The van der Waals surface area contributed by atoms with Gasteiger partial charge in [-0.3, -0.25) is 9.79 Å². The van der Waals surface area contributed by atoms with E-state index in [1.54, 1.807) is 13.3 Å². The summed E-state index contributed by atoms with van der Waals surface area (Å²) < 4.78 is 5.63. The van der Waals surface area contributed by atoms with Crippen LogP contribution in [0, 0.1) is 12.3 Å². The molecule has 0 spiro atoms. The summed E-state index contributed by atoms with van der Waals surface area (Å²) in [5, 5.41) is 0. The van der Waals surface area contributed by atoms with Crippen LogP contribution < -0.4 is 4.74 Å². The number of rotatable bonds is 3. The zero-order valence-corrected chi connectivity index (χ0v) is 19.0. The summed E-state index contributed by atoms with van der Waals surface area (Å²) >= 11 is 0. The first-order valence-corrected chi connectivity index (χ1v) is 10.8. The van der Waals surface area contributed by atoms with Gasteiger partial charge in [0.1, 0.15) is 5.75 Å². The van der Waals surface area contributed by atoms with E-state index < -0.39 is 0 Å². The Morgan fingerprint density at radius 2 is 1.90 bits per heavy atom. The van der Waals surface area contributed by atoms with Gasteiger partial charge in [-0.2, -0.15) is 0 Å². The van der Waals surface area contributed by atoms with Gasteiger partial charge in [0.05, 0.1) is 12.8 Å². The molecule has 0 N–H and O–H groups in total. The van der Waals surface area contributed by atoms with E-state index in [9.17, 15) is 4.79 Å². The number of carbonyl (C=O) groups excluding carboxylic acids is 1. The van der Waals surface area contributed by atoms with E-state index in [1.807, 2.05) is 31.2 Å². The van der Waals surface area contributed by atoms with Crippen molar-refractivity contribution < 1.29 is 9.53 Å². The first-order valence-electron chi connectivity index (χ1n) is 10.8. The molecule has 0 aromatic heterocycles. The topological polar surface area (TPSA) is 41.9 Å². The third-order valence-electron chi connectivity index (χ3n) is 7.77. The van der Waals surface area contributed by atoms with E-state index in [0.717, 1.165) is 42.0 Å². The van der Waals surface area contributed by atoms with Crippen molar-refractivity contribution in [3.8, 4) is 5.75 Å². The third-order valence-corrected chi connectivity index (χ3v) is 7.77. The molecule has 158 valence electrons. The molecule has 1 amide bonds. The number of carbonyl (C=O) groups is 1. The highest BCUT2D eigenvalue weighted by Crippen LogP contribution is 2.57. The first kappa shape index (κ1) is 20.6. The number of ether oxygens (including phenoxy) is 1. The van der Waals surface area contributed by atoms with Crippen molar-refractivity contribution in [3.63, 3.8) is 0 Å². The van der Waals surface area contributed by atoms with Gasteiger partial charge in [0, 0.05) is 29.8 Å². The molecule has 1 fully saturated rings. The van der Waals surface area contributed by atoms with Crippen molar-refractivity contribution >= 4 is 17.8 Å². The van der Waals surface area contributed by atoms with Crippen molar-refractivity contribution in [2.24, 2.45) is 10.4 Å². The van der Waals surface area contributed by atoms with Crippen LogP contribution in [0.1, 0.15) is 61.2 Å². The van der Waals surface area contributed by atoms with Crippen LogP contribution >= 0.6 is 0 Å². The Morgan fingerprint density at radius 1 is 1.20 bits per heavy atom. The SMILES string of the molecule is CC=Nc1ccc(C(=O)N2CC[C@@]3(C)c4cc(OC)c(C)cc4CC2C3(C)C)cc1. The lowest BCUT2D eigenvalue weighted by atomic mass is 9.51. The number of likely N-dealkylation sites (tertiary alicyclic amines) is 1. The smallest absolute Gasteiger partial charge is 0.254 e. The zero-order chi connectivity index (χ0) is 21.7. The van der Waals surface area contributed by atoms with Gasteiger partial charge in [-0.1, -0.05) is 26.8 Å². The highest BCUT2D eigenvalue weighted by molar-refractivity contribution is 5.95. The van der Waals surface area contributed by atoms with Crippen LogP contribution in [0.2, 0.25) is 0 Å². The van der Waals surface area contributed by atoms with Crippen LogP contribution in [-0.4, -0.2) is 36.7 Å². The predicted molar refractivity (Wildman–Crippen MR) is 122 cm³/mol. The van der Waals surface area contributed by atoms with Gasteiger partial charge in [-0.15, -0.1) is 0 Å². The maximum atomic E-state index is 13.5. The number of aliphatic imine (C=N–C) groups is 1. The number of piperidine rings is 1. The Kier molecular flexibility index (Phi) is 5.00. The Hall–Kier alpha value is -2.62. The van der Waals surface area contributed by atoms with Crippen LogP contribution in [0.25, 0.3) is 0 Å². The Bertz CT molecular complexity index is 1010. The number of nitrogens with zero attached hydrogens (tertiary/aromatic N) is 2. The second-order valence-corrected chi connectivity index (χ2v) is 9.44. The molecule has 2 bridgehead atoms. The van der Waals surface area contributed by atoms with Gasteiger partial charge in [-0.25, -0.2) is 0 Å². The van der Waals surface area contributed by atoms with Crippen molar-refractivity contribution in [3.05, 3.63) is 58.7 Å². The number of methoxy groups -OCH3 is 1. The highest BCUT2D eigenvalue weighted by atomic mass is 16.5. The minimum Gasteiger partial charge on any atom is -0.496 e. The van der Waals surface area contributed by atoms with E-state index in [-0.39, 0.29) is 22.8 Å². The second kappa shape index (κ2) is 7.26. The van der Waals surface area contributed by atoms with Crippen LogP contribution in [-0.2, 0) is 11.8 Å². The number of benzene rings is 2. The average molecular weight is 405 g/mol. The van der Waals surface area contributed by atoms with E-state index >= 15 is 0 Å². The van der Waals surface area contributed by atoms with E-state index in [0.29, 0.717) is 0 Å². The normalized spacial score (nSPS) is 24.6. The second-order valence-electron chi connectivity index (χ2n) is 9.44. The fraction of sp³-hybridized carbons (Fsp3) is 0.462. The Morgan fingerprint density at radius 3 is 2.53 bits per heavy atom. The standard InChI is InChI=1S/C26H32N2O2/c1-7-27-20-10-8-18(9-11-20)24(29)28-13-12-26(5)21-16-22(30-6)17(2)14-19(21)15-23(28)25(26,3)4/h7-11,14,16,23H,12-13,15H2,1-6H3/t23?,26-/m0/s1. The lowest BCUT2D eigenvalue weighted by Crippen LogP contribution is -2.64. The van der Waals surface area contributed by atoms with Crippen LogP contribution in [0.15, 0.2) is 41.4 Å². The van der Waals surface area contributed by atoms with Crippen molar-refractivity contribution in [2.45, 2.75) is 58.9 Å². The van der Waals surface area contributed by atoms with E-state index in [4.69, 9.17) is 4.74 Å². The molecule has 1 aliphatic carbocycles. The summed E-state index contributed by atoms with van der Waals surface area (Å²) in [5.74, 6) is 1.08. The first-order chi connectivity index (χ1) is 14.2. The van der Waals surface area contributed by atoms with E-state index in [1.165, 1.54) is 11.1 Å². The fourth-order valence-electron chi connectivity index (χ4n) is 5.53. The Labute approximate surface area is 180 Å². The molecule has 2 aromatic rings. The molecule has 1 heterocycles. The molecule has 2 aliphatic rings. The molecule has 4 rings (SSSR count). The minimum atomic E-state index is -0.0410. The molecule has 1 aliphatic heterocycles. The summed E-state index contributed by atoms with van der Waals surface area (Å²) in [4.78, 5) is 19.9. The monoisotopic (exact) mass is 404 g/mol. The summed E-state index contributed by atoms with van der Waals surface area (Å²) in [7, 11) is 1.74. The number of amides is 1. The van der Waals surface area contributed by atoms with Gasteiger partial charge in [0.25, 0.3) is 5.91 Å². The fourth-order valence-corrected chi connectivity index (χ4v) is 5.53. The predicted octanol–water partition coefficient (Wildman–Crippen LogP) is 5.48. The molecule has 1 saturated heterocycles. The molecule has 0 radical (unpaired) electrons. The number of hydrogen-bond acceptors (Lipinski definition) is 3. The van der Waals surface area contributed by atoms with Gasteiger partial charge >= 0.3 is 0 Å². The summed E-state index contributed by atoms with van der Waals surface area (Å²) in [6, 6.07) is 12.3. The number of fused-ring (bicyclic) bond motifs is 4. The lowest BCUT2D eigenvalue weighted by Gasteiger charge is -2.61. The number of hydrogen-bond donors (Lipinski definition) is 0. The van der Waals surface area contributed by atoms with Gasteiger partial charge in [0.2, 0.25) is 0 Å². The van der Waals surface area contributed by atoms with Gasteiger partial charge in [-0.05, 0) is 79.1 Å². The molecule has 4 heteroatoms. The maximum Gasteiger partial charge on any atom is 0.254 e. The molecule has 30 heavy (non-hydrogen) atoms. The van der Waals surface area contributed by atoms with E-state index in [2.05, 4.69) is 49.7 Å². The maximum absolute atomic E-state index is 13.5. The lowest BCUT2D eigenvalue weighted by molar-refractivity contribution is -0.0263. The molecule has 4 nitrogen and oxygen atoms in total. The van der Waals surface area contributed by atoms with Gasteiger partial charge in [0.15, 0.2) is 0 Å². The zero-order valence-electron chi connectivity index (χ0n) is 19.0. The molecule has 2 atom stereocenters. The van der Waals surface area contributed by atoms with Crippen molar-refractivity contribution in [1.82, 2.24) is 4.90 Å². The molecule has 1 unspecified atom stereocenters. The summed E-state index contributed by atoms with van der Waals surface area (Å²) in [6.07, 6.45) is 3.59. The van der Waals surface area contributed by atoms with Crippen LogP contribution in [0.4, 0.5) is 5.69 Å². The average Bonchev–Trinajstić information content (AvgIpc) is 2.71. The quantitative estimate of drug-likeness (QED) is 0.636. The molecular weight excluding hydrogens is 372 g/mol. The summed E-state index contributed by atoms with van der Waals surface area (Å²) in [5.41, 5.74) is 5.47. The minimum absolute atomic E-state index is 0.00269. The molecule has 2 aromatic carbocycles. The highest BCUT2D eigenvalue weighted by Gasteiger charge is 2.57. The van der Waals surface area contributed by atoms with Crippen LogP contribution in [0.3, 0.4) is 0 Å². The number of aryl methyl sites for hydroxylation is 1. The largest absolute Gasteiger partial charge is 0.496 e. The van der Waals surface area contributed by atoms with Crippen molar-refractivity contribution in [1.29, 1.82) is 0 Å². The molecular formula is C26H32N2O2.